The van der Waals surface area contributed by atoms with Gasteiger partial charge < -0.3 is 19.5 Å². The summed E-state index contributed by atoms with van der Waals surface area (Å²) in [7, 11) is 3.05. The van der Waals surface area contributed by atoms with E-state index in [-0.39, 0.29) is 6.42 Å². The van der Waals surface area contributed by atoms with Crippen LogP contribution >= 0.6 is 11.3 Å². The maximum Gasteiger partial charge on any atom is 0.306 e. The molecule has 6 nitrogen and oxygen atoms in total. The molecule has 0 aliphatic heterocycles. The second-order valence-electron chi connectivity index (χ2n) is 5.32. The molecule has 0 fully saturated rings. The van der Waals surface area contributed by atoms with Crippen molar-refractivity contribution in [2.75, 3.05) is 19.5 Å². The molecule has 1 aromatic carbocycles. The summed E-state index contributed by atoms with van der Waals surface area (Å²) < 4.78 is 15.5. The minimum absolute atomic E-state index is 0.241. The van der Waals surface area contributed by atoms with E-state index in [9.17, 15) is 9.59 Å². The van der Waals surface area contributed by atoms with Gasteiger partial charge in [0.2, 0.25) is 0 Å². The largest absolute Gasteiger partial charge is 0.493 e. The van der Waals surface area contributed by atoms with Gasteiger partial charge in [0, 0.05) is 18.2 Å². The molecule has 0 unspecified atom stereocenters. The minimum atomic E-state index is -0.886. The van der Waals surface area contributed by atoms with Crippen LogP contribution in [0.3, 0.4) is 0 Å². The van der Waals surface area contributed by atoms with Crippen molar-refractivity contribution in [1.29, 1.82) is 0 Å². The van der Waals surface area contributed by atoms with Gasteiger partial charge in [-0.05, 0) is 47.9 Å². The van der Waals surface area contributed by atoms with E-state index >= 15 is 0 Å². The topological polar surface area (TPSA) is 73.9 Å². The van der Waals surface area contributed by atoms with Gasteiger partial charge in [0.1, 0.15) is 0 Å². The highest BCUT2D eigenvalue weighted by atomic mass is 32.1. The van der Waals surface area contributed by atoms with Crippen LogP contribution in [0.4, 0.5) is 5.69 Å². The Morgan fingerprint density at radius 1 is 1.16 bits per heavy atom. The number of hydrogen-bond acceptors (Lipinski definition) is 6. The standard InChI is InChI=1S/C18H21NO5S/c1-12(24-17(20)7-4-13-8-9-25-11-13)18(21)19-14-5-6-15(22-2)16(10-14)23-3/h5-6,8-12H,4,7H2,1-3H3,(H,19,21)/t12-/m1/s1. The highest BCUT2D eigenvalue weighted by Crippen LogP contribution is 2.29. The third-order valence-electron chi connectivity index (χ3n) is 3.53. The second kappa shape index (κ2) is 9.08. The Balaban J connectivity index is 1.86. The van der Waals surface area contributed by atoms with Crippen LogP contribution in [0.5, 0.6) is 11.5 Å². The molecule has 1 aromatic heterocycles. The fourth-order valence-electron chi connectivity index (χ4n) is 2.15. The van der Waals surface area contributed by atoms with Crippen molar-refractivity contribution in [2.24, 2.45) is 0 Å². The van der Waals surface area contributed by atoms with Gasteiger partial charge in [0.05, 0.1) is 14.2 Å². The SMILES string of the molecule is COc1ccc(NC(=O)[C@@H](C)OC(=O)CCc2ccsc2)cc1OC. The van der Waals surface area contributed by atoms with Crippen LogP contribution in [0, 0.1) is 0 Å². The first-order valence-corrected chi connectivity index (χ1v) is 8.71. The highest BCUT2D eigenvalue weighted by molar-refractivity contribution is 7.07. The lowest BCUT2D eigenvalue weighted by atomic mass is 10.2. The molecule has 0 aliphatic rings. The number of carbonyl (C=O) groups is 2. The average molecular weight is 363 g/mol. The average Bonchev–Trinajstić information content (AvgIpc) is 3.13. The van der Waals surface area contributed by atoms with Crippen molar-refractivity contribution in [3.8, 4) is 11.5 Å². The summed E-state index contributed by atoms with van der Waals surface area (Å²) in [4.78, 5) is 24.0. The predicted molar refractivity (Wildman–Crippen MR) is 96.4 cm³/mol. The fourth-order valence-corrected chi connectivity index (χ4v) is 2.85. The number of hydrogen-bond donors (Lipinski definition) is 1. The third-order valence-corrected chi connectivity index (χ3v) is 4.26. The summed E-state index contributed by atoms with van der Waals surface area (Å²) in [6.07, 6.45) is -0.0417. The van der Waals surface area contributed by atoms with Crippen LogP contribution < -0.4 is 14.8 Å². The Kier molecular flexibility index (Phi) is 6.82. The van der Waals surface area contributed by atoms with Gasteiger partial charge in [0.15, 0.2) is 17.6 Å². The Morgan fingerprint density at radius 3 is 2.56 bits per heavy atom. The number of carbonyl (C=O) groups excluding carboxylic acids is 2. The molecule has 25 heavy (non-hydrogen) atoms. The molecular weight excluding hydrogens is 342 g/mol. The first-order valence-electron chi connectivity index (χ1n) is 7.77. The highest BCUT2D eigenvalue weighted by Gasteiger charge is 2.18. The second-order valence-corrected chi connectivity index (χ2v) is 6.10. The number of rotatable bonds is 8. The van der Waals surface area contributed by atoms with Gasteiger partial charge >= 0.3 is 5.97 Å². The van der Waals surface area contributed by atoms with Crippen molar-refractivity contribution < 1.29 is 23.8 Å². The van der Waals surface area contributed by atoms with Gasteiger partial charge in [-0.25, -0.2) is 0 Å². The molecule has 0 spiro atoms. The van der Waals surface area contributed by atoms with Gasteiger partial charge in [-0.3, -0.25) is 9.59 Å². The molecule has 1 atom stereocenters. The fraction of sp³-hybridized carbons (Fsp3) is 0.333. The summed E-state index contributed by atoms with van der Waals surface area (Å²) in [6, 6.07) is 6.98. The van der Waals surface area contributed by atoms with Crippen LogP contribution in [-0.4, -0.2) is 32.2 Å². The molecule has 0 saturated carbocycles. The smallest absolute Gasteiger partial charge is 0.306 e. The Hall–Kier alpha value is -2.54. The predicted octanol–water partition coefficient (Wildman–Crippen LogP) is 3.27. The van der Waals surface area contributed by atoms with Crippen molar-refractivity contribution in [3.63, 3.8) is 0 Å². The number of benzene rings is 1. The molecule has 2 aromatic rings. The summed E-state index contributed by atoms with van der Waals surface area (Å²) in [5, 5.41) is 6.64. The Labute approximate surface area is 150 Å². The molecule has 1 heterocycles. The lowest BCUT2D eigenvalue weighted by Gasteiger charge is -2.14. The van der Waals surface area contributed by atoms with E-state index in [0.717, 1.165) is 5.56 Å². The van der Waals surface area contributed by atoms with E-state index < -0.39 is 18.0 Å². The van der Waals surface area contributed by atoms with E-state index in [1.165, 1.54) is 14.2 Å². The number of ether oxygens (including phenoxy) is 3. The lowest BCUT2D eigenvalue weighted by molar-refractivity contribution is -0.153. The van der Waals surface area contributed by atoms with Gasteiger partial charge in [-0.2, -0.15) is 11.3 Å². The lowest BCUT2D eigenvalue weighted by Crippen LogP contribution is -2.30. The first-order chi connectivity index (χ1) is 12.0. The van der Waals surface area contributed by atoms with Crippen molar-refractivity contribution in [3.05, 3.63) is 40.6 Å². The normalized spacial score (nSPS) is 11.5. The van der Waals surface area contributed by atoms with Crippen molar-refractivity contribution >= 4 is 28.9 Å². The Morgan fingerprint density at radius 2 is 1.92 bits per heavy atom. The zero-order chi connectivity index (χ0) is 18.2. The maximum atomic E-state index is 12.2. The zero-order valence-corrected chi connectivity index (χ0v) is 15.2. The van der Waals surface area contributed by atoms with Gasteiger partial charge in [-0.15, -0.1) is 0 Å². The third kappa shape index (κ3) is 5.49. The zero-order valence-electron chi connectivity index (χ0n) is 14.4. The van der Waals surface area contributed by atoms with E-state index in [0.29, 0.717) is 23.6 Å². The number of aryl methyl sites for hydroxylation is 1. The molecule has 7 heteroatoms. The van der Waals surface area contributed by atoms with E-state index in [4.69, 9.17) is 14.2 Å². The molecular formula is C18H21NO5S. The quantitative estimate of drug-likeness (QED) is 0.729. The number of anilines is 1. The molecule has 0 bridgehead atoms. The number of nitrogens with one attached hydrogen (secondary N) is 1. The van der Waals surface area contributed by atoms with E-state index in [2.05, 4.69) is 5.32 Å². The summed E-state index contributed by atoms with van der Waals surface area (Å²) >= 11 is 1.58. The first kappa shape index (κ1) is 18.8. The summed E-state index contributed by atoms with van der Waals surface area (Å²) in [5.74, 6) is 0.256. The summed E-state index contributed by atoms with van der Waals surface area (Å²) in [5.41, 5.74) is 1.62. The number of methoxy groups -OCH3 is 2. The van der Waals surface area contributed by atoms with Crippen LogP contribution in [-0.2, 0) is 20.7 Å². The molecule has 0 saturated heterocycles. The number of esters is 1. The molecule has 0 radical (unpaired) electrons. The van der Waals surface area contributed by atoms with Crippen LogP contribution in [0.2, 0.25) is 0 Å². The molecule has 1 N–H and O–H groups in total. The van der Waals surface area contributed by atoms with Gasteiger partial charge in [-0.1, -0.05) is 0 Å². The molecule has 134 valence electrons. The summed E-state index contributed by atoms with van der Waals surface area (Å²) in [6.45, 7) is 1.54. The van der Waals surface area contributed by atoms with Crippen molar-refractivity contribution in [1.82, 2.24) is 0 Å². The minimum Gasteiger partial charge on any atom is -0.493 e. The molecule has 2 rings (SSSR count). The molecule has 0 aliphatic carbocycles. The van der Waals surface area contributed by atoms with Crippen LogP contribution in [0.1, 0.15) is 18.9 Å². The maximum absolute atomic E-state index is 12.2. The Bertz CT molecular complexity index is 714. The van der Waals surface area contributed by atoms with Crippen LogP contribution in [0.15, 0.2) is 35.0 Å². The van der Waals surface area contributed by atoms with E-state index in [1.807, 2.05) is 16.8 Å². The van der Waals surface area contributed by atoms with Gasteiger partial charge in [0.25, 0.3) is 5.91 Å². The van der Waals surface area contributed by atoms with Crippen LogP contribution in [0.25, 0.3) is 0 Å². The number of thiophene rings is 1. The monoisotopic (exact) mass is 363 g/mol. The molecule has 1 amide bonds. The van der Waals surface area contributed by atoms with Crippen molar-refractivity contribution in [2.45, 2.75) is 25.9 Å². The number of amides is 1. The van der Waals surface area contributed by atoms with E-state index in [1.54, 1.807) is 36.5 Å².